The van der Waals surface area contributed by atoms with Gasteiger partial charge in [-0.2, -0.15) is 0 Å². The quantitative estimate of drug-likeness (QED) is 0.694. The molecule has 2 aromatic rings. The SMILES string of the molecule is CN(C)C(=O)[C@]1(Cc2ccccc2-c2ccccc2F)CCN(C(=O)[C@@H]2CC23CCC3)C1. The van der Waals surface area contributed by atoms with Crippen molar-refractivity contribution in [3.63, 3.8) is 0 Å². The summed E-state index contributed by atoms with van der Waals surface area (Å²) in [4.78, 5) is 30.3. The van der Waals surface area contributed by atoms with Crippen LogP contribution in [0.3, 0.4) is 0 Å². The third-order valence-electron chi connectivity index (χ3n) is 8.07. The number of carbonyl (C=O) groups is 2. The lowest BCUT2D eigenvalue weighted by atomic mass is 9.77. The van der Waals surface area contributed by atoms with Crippen molar-refractivity contribution >= 4 is 11.8 Å². The first-order chi connectivity index (χ1) is 15.4. The van der Waals surface area contributed by atoms with E-state index < -0.39 is 5.41 Å². The van der Waals surface area contributed by atoms with Gasteiger partial charge in [0, 0.05) is 38.7 Å². The number of hydrogen-bond acceptors (Lipinski definition) is 2. The van der Waals surface area contributed by atoms with E-state index in [9.17, 15) is 14.0 Å². The summed E-state index contributed by atoms with van der Waals surface area (Å²) in [7, 11) is 3.56. The molecule has 32 heavy (non-hydrogen) atoms. The molecule has 1 heterocycles. The Kier molecular flexibility index (Phi) is 5.11. The van der Waals surface area contributed by atoms with Crippen LogP contribution in [0.2, 0.25) is 0 Å². The maximum absolute atomic E-state index is 14.6. The number of rotatable bonds is 5. The maximum Gasteiger partial charge on any atom is 0.230 e. The molecule has 5 heteroatoms. The molecule has 0 bridgehead atoms. The summed E-state index contributed by atoms with van der Waals surface area (Å²) < 4.78 is 14.6. The molecule has 2 saturated carbocycles. The van der Waals surface area contributed by atoms with Crippen molar-refractivity contribution < 1.29 is 14.0 Å². The van der Waals surface area contributed by atoms with E-state index in [-0.39, 0.29) is 29.0 Å². The summed E-state index contributed by atoms with van der Waals surface area (Å²) in [6, 6.07) is 14.5. The Labute approximate surface area is 189 Å². The van der Waals surface area contributed by atoms with Crippen LogP contribution in [-0.2, 0) is 16.0 Å². The molecule has 3 aliphatic rings. The topological polar surface area (TPSA) is 40.6 Å². The largest absolute Gasteiger partial charge is 0.348 e. The minimum atomic E-state index is -0.678. The molecular formula is C27H31FN2O2. The van der Waals surface area contributed by atoms with Crippen molar-refractivity contribution in [3.05, 3.63) is 59.9 Å². The van der Waals surface area contributed by atoms with Gasteiger partial charge in [-0.05, 0) is 54.7 Å². The fourth-order valence-electron chi connectivity index (χ4n) is 6.01. The molecule has 0 unspecified atom stereocenters. The number of halogens is 1. The van der Waals surface area contributed by atoms with Crippen LogP contribution in [0.15, 0.2) is 48.5 Å². The molecular weight excluding hydrogens is 403 g/mol. The maximum atomic E-state index is 14.6. The second-order valence-electron chi connectivity index (χ2n) is 10.3. The van der Waals surface area contributed by atoms with Crippen LogP contribution < -0.4 is 0 Å². The van der Waals surface area contributed by atoms with E-state index in [1.54, 1.807) is 31.1 Å². The molecule has 168 valence electrons. The zero-order valence-electron chi connectivity index (χ0n) is 18.9. The van der Waals surface area contributed by atoms with Gasteiger partial charge in [0.05, 0.1) is 5.41 Å². The van der Waals surface area contributed by atoms with E-state index >= 15 is 0 Å². The molecule has 1 spiro atoms. The molecule has 2 aromatic carbocycles. The Morgan fingerprint density at radius 1 is 1.03 bits per heavy atom. The Morgan fingerprint density at radius 3 is 2.34 bits per heavy atom. The fraction of sp³-hybridized carbons (Fsp3) is 0.481. The van der Waals surface area contributed by atoms with Crippen molar-refractivity contribution in [3.8, 4) is 11.1 Å². The van der Waals surface area contributed by atoms with Gasteiger partial charge in [0.25, 0.3) is 0 Å². The molecule has 1 saturated heterocycles. The molecule has 1 aliphatic heterocycles. The second-order valence-corrected chi connectivity index (χ2v) is 10.3. The zero-order valence-corrected chi connectivity index (χ0v) is 18.9. The van der Waals surface area contributed by atoms with E-state index in [1.807, 2.05) is 35.2 Å². The Bertz CT molecular complexity index is 1060. The van der Waals surface area contributed by atoms with Crippen LogP contribution in [0.1, 0.15) is 37.7 Å². The predicted octanol–water partition coefficient (Wildman–Crippen LogP) is 4.53. The third kappa shape index (κ3) is 3.42. The lowest BCUT2D eigenvalue weighted by Crippen LogP contribution is -2.45. The number of benzene rings is 2. The number of amides is 2. The van der Waals surface area contributed by atoms with Gasteiger partial charge < -0.3 is 9.80 Å². The van der Waals surface area contributed by atoms with Gasteiger partial charge in [-0.1, -0.05) is 48.9 Å². The van der Waals surface area contributed by atoms with Gasteiger partial charge >= 0.3 is 0 Å². The Hall–Kier alpha value is -2.69. The normalized spacial score (nSPS) is 25.5. The lowest BCUT2D eigenvalue weighted by Gasteiger charge is -2.32. The van der Waals surface area contributed by atoms with Gasteiger partial charge in [-0.3, -0.25) is 9.59 Å². The number of hydrogen-bond donors (Lipinski definition) is 0. The summed E-state index contributed by atoms with van der Waals surface area (Å²) in [6.07, 6.45) is 5.74. The Morgan fingerprint density at radius 2 is 1.72 bits per heavy atom. The van der Waals surface area contributed by atoms with Gasteiger partial charge in [0.1, 0.15) is 5.82 Å². The molecule has 3 fully saturated rings. The number of likely N-dealkylation sites (tertiary alicyclic amines) is 1. The summed E-state index contributed by atoms with van der Waals surface area (Å²) in [6.45, 7) is 1.06. The van der Waals surface area contributed by atoms with Gasteiger partial charge in [-0.15, -0.1) is 0 Å². The highest BCUT2D eigenvalue weighted by Gasteiger charge is 2.62. The molecule has 5 rings (SSSR count). The van der Waals surface area contributed by atoms with Gasteiger partial charge in [0.2, 0.25) is 11.8 Å². The average molecular weight is 435 g/mol. The number of nitrogens with zero attached hydrogens (tertiary/aromatic N) is 2. The molecule has 4 nitrogen and oxygen atoms in total. The monoisotopic (exact) mass is 434 g/mol. The first-order valence-corrected chi connectivity index (χ1v) is 11.7. The highest BCUT2D eigenvalue weighted by Crippen LogP contribution is 2.66. The van der Waals surface area contributed by atoms with Gasteiger partial charge in [0.15, 0.2) is 0 Å². The fourth-order valence-corrected chi connectivity index (χ4v) is 6.01. The minimum absolute atomic E-state index is 0.0466. The summed E-state index contributed by atoms with van der Waals surface area (Å²) in [5.74, 6) is 0.175. The highest BCUT2D eigenvalue weighted by atomic mass is 19.1. The van der Waals surface area contributed by atoms with Crippen LogP contribution >= 0.6 is 0 Å². The standard InChI is InChI=1S/C27H31FN2O2/c1-29(2)25(32)27(14-15-30(18-27)24(31)22-17-26(22)12-7-13-26)16-19-8-3-4-9-20(19)21-10-5-6-11-23(21)28/h3-6,8-11,22H,7,12-18H2,1-2H3/t22-,27-/m0/s1. The molecule has 2 atom stereocenters. The van der Waals surface area contributed by atoms with E-state index in [0.717, 1.165) is 17.5 Å². The Balaban J connectivity index is 1.44. The van der Waals surface area contributed by atoms with Crippen LogP contribution in [0.4, 0.5) is 4.39 Å². The minimum Gasteiger partial charge on any atom is -0.348 e. The predicted molar refractivity (Wildman–Crippen MR) is 122 cm³/mol. The molecule has 0 aromatic heterocycles. The first-order valence-electron chi connectivity index (χ1n) is 11.7. The van der Waals surface area contributed by atoms with E-state index in [2.05, 4.69) is 0 Å². The lowest BCUT2D eigenvalue weighted by molar-refractivity contribution is -0.140. The molecule has 0 radical (unpaired) electrons. The van der Waals surface area contributed by atoms with Crippen molar-refractivity contribution in [1.29, 1.82) is 0 Å². The van der Waals surface area contributed by atoms with Crippen LogP contribution in [0.5, 0.6) is 0 Å². The molecule has 0 N–H and O–H groups in total. The zero-order chi connectivity index (χ0) is 22.5. The van der Waals surface area contributed by atoms with Crippen LogP contribution in [0.25, 0.3) is 11.1 Å². The first kappa shape index (κ1) is 21.2. The summed E-state index contributed by atoms with van der Waals surface area (Å²) in [5, 5.41) is 0. The molecule has 2 amide bonds. The van der Waals surface area contributed by atoms with Crippen molar-refractivity contribution in [2.75, 3.05) is 27.2 Å². The van der Waals surface area contributed by atoms with Crippen LogP contribution in [-0.4, -0.2) is 48.8 Å². The second kappa shape index (κ2) is 7.72. The van der Waals surface area contributed by atoms with Crippen molar-refractivity contribution in [2.45, 2.75) is 38.5 Å². The van der Waals surface area contributed by atoms with Crippen molar-refractivity contribution in [2.24, 2.45) is 16.7 Å². The average Bonchev–Trinajstić information content (AvgIpc) is 3.41. The number of carbonyl (C=O) groups excluding carboxylic acids is 2. The third-order valence-corrected chi connectivity index (χ3v) is 8.07. The van der Waals surface area contributed by atoms with Gasteiger partial charge in [-0.25, -0.2) is 4.39 Å². The smallest absolute Gasteiger partial charge is 0.230 e. The van der Waals surface area contributed by atoms with Crippen LogP contribution in [0, 0.1) is 22.6 Å². The highest BCUT2D eigenvalue weighted by molar-refractivity contribution is 5.88. The molecule has 2 aliphatic carbocycles. The van der Waals surface area contributed by atoms with E-state index in [4.69, 9.17) is 0 Å². The van der Waals surface area contributed by atoms with Crippen molar-refractivity contribution in [1.82, 2.24) is 9.80 Å². The summed E-state index contributed by atoms with van der Waals surface area (Å²) in [5.41, 5.74) is 1.92. The van der Waals surface area contributed by atoms with E-state index in [1.165, 1.54) is 25.3 Å². The summed E-state index contributed by atoms with van der Waals surface area (Å²) >= 11 is 0. The van der Waals surface area contributed by atoms with E-state index in [0.29, 0.717) is 31.5 Å².